The minimum atomic E-state index is -3.24. The van der Waals surface area contributed by atoms with Crippen LogP contribution in [0, 0.1) is 13.8 Å². The highest BCUT2D eigenvalue weighted by Crippen LogP contribution is 2.29. The highest BCUT2D eigenvalue weighted by Gasteiger charge is 2.26. The van der Waals surface area contributed by atoms with Crippen LogP contribution in [0.1, 0.15) is 23.1 Å². The molecule has 0 bridgehead atoms. The predicted molar refractivity (Wildman–Crippen MR) is 113 cm³/mol. The van der Waals surface area contributed by atoms with Gasteiger partial charge in [0.1, 0.15) is 11.2 Å². The van der Waals surface area contributed by atoms with Gasteiger partial charge in [-0.25, -0.2) is 13.2 Å². The molecule has 1 saturated heterocycles. The van der Waals surface area contributed by atoms with E-state index in [0.29, 0.717) is 42.9 Å². The van der Waals surface area contributed by atoms with Crippen molar-refractivity contribution in [2.45, 2.75) is 26.7 Å². The van der Waals surface area contributed by atoms with Gasteiger partial charge in [0, 0.05) is 55.0 Å². The van der Waals surface area contributed by atoms with Gasteiger partial charge in [0.2, 0.25) is 15.9 Å². The predicted octanol–water partition coefficient (Wildman–Crippen LogP) is 2.19. The van der Waals surface area contributed by atoms with Crippen LogP contribution in [0.4, 0.5) is 0 Å². The molecule has 0 saturated carbocycles. The Balaban J connectivity index is 1.52. The molecule has 1 amide bonds. The van der Waals surface area contributed by atoms with Gasteiger partial charge in [-0.3, -0.25) is 4.79 Å². The number of benzene rings is 1. The van der Waals surface area contributed by atoms with E-state index in [4.69, 9.17) is 8.83 Å². The summed E-state index contributed by atoms with van der Waals surface area (Å²) in [6.07, 6.45) is 3.28. The zero-order chi connectivity index (χ0) is 21.6. The second-order valence-electron chi connectivity index (χ2n) is 7.80. The van der Waals surface area contributed by atoms with E-state index in [1.54, 1.807) is 17.2 Å². The second-order valence-corrected chi connectivity index (χ2v) is 9.78. The van der Waals surface area contributed by atoms with Gasteiger partial charge in [-0.2, -0.15) is 4.31 Å². The molecule has 3 aromatic rings. The van der Waals surface area contributed by atoms with E-state index in [1.165, 1.54) is 10.6 Å². The van der Waals surface area contributed by atoms with Crippen LogP contribution in [-0.4, -0.2) is 56.0 Å². The van der Waals surface area contributed by atoms with Gasteiger partial charge in [-0.15, -0.1) is 0 Å². The first kappa shape index (κ1) is 20.6. The number of aryl methyl sites for hydroxylation is 2. The summed E-state index contributed by atoms with van der Waals surface area (Å²) < 4.78 is 35.6. The average molecular weight is 432 g/mol. The summed E-state index contributed by atoms with van der Waals surface area (Å²) in [6.45, 7) is 5.12. The molecule has 0 unspecified atom stereocenters. The Bertz CT molecular complexity index is 1300. The number of hydrogen-bond acceptors (Lipinski definition) is 6. The lowest BCUT2D eigenvalue weighted by Gasteiger charge is -2.33. The van der Waals surface area contributed by atoms with Crippen molar-refractivity contribution < 1.29 is 22.0 Å². The topological polar surface area (TPSA) is 101 Å². The summed E-state index contributed by atoms with van der Waals surface area (Å²) in [7, 11) is -3.24. The first-order valence-electron chi connectivity index (χ1n) is 9.82. The van der Waals surface area contributed by atoms with E-state index in [9.17, 15) is 18.0 Å². The first-order chi connectivity index (χ1) is 14.1. The Morgan fingerprint density at radius 1 is 1.07 bits per heavy atom. The third-order valence-corrected chi connectivity index (χ3v) is 7.13. The molecule has 160 valence electrons. The van der Waals surface area contributed by atoms with Crippen molar-refractivity contribution in [2.75, 3.05) is 32.4 Å². The third kappa shape index (κ3) is 3.75. The molecule has 1 aliphatic heterocycles. The van der Waals surface area contributed by atoms with E-state index in [2.05, 4.69) is 0 Å². The minimum absolute atomic E-state index is 0.0943. The molecule has 0 aliphatic carbocycles. The van der Waals surface area contributed by atoms with Crippen molar-refractivity contribution in [3.8, 4) is 0 Å². The fraction of sp³-hybridized carbons (Fsp3) is 0.429. The summed E-state index contributed by atoms with van der Waals surface area (Å²) in [5.74, 6) is -0.0943. The maximum Gasteiger partial charge on any atom is 0.339 e. The molecule has 30 heavy (non-hydrogen) atoms. The van der Waals surface area contributed by atoms with Gasteiger partial charge in [0.15, 0.2) is 0 Å². The zero-order valence-electron chi connectivity index (χ0n) is 17.2. The zero-order valence-corrected chi connectivity index (χ0v) is 18.0. The van der Waals surface area contributed by atoms with Crippen LogP contribution in [-0.2, 0) is 21.2 Å². The monoisotopic (exact) mass is 432 g/mol. The number of carbonyl (C=O) groups is 1. The number of sulfonamides is 1. The van der Waals surface area contributed by atoms with Crippen LogP contribution >= 0.6 is 0 Å². The highest BCUT2D eigenvalue weighted by molar-refractivity contribution is 7.88. The van der Waals surface area contributed by atoms with E-state index in [1.807, 2.05) is 19.9 Å². The van der Waals surface area contributed by atoms with E-state index in [0.717, 1.165) is 21.9 Å². The molecule has 0 spiro atoms. The van der Waals surface area contributed by atoms with Crippen molar-refractivity contribution in [3.05, 3.63) is 45.5 Å². The smallest absolute Gasteiger partial charge is 0.339 e. The molecule has 8 nitrogen and oxygen atoms in total. The Hall–Kier alpha value is -2.65. The summed E-state index contributed by atoms with van der Waals surface area (Å²) in [6, 6.07) is 3.68. The lowest BCUT2D eigenvalue weighted by atomic mass is 10.0. The normalized spacial score (nSPS) is 15.9. The van der Waals surface area contributed by atoms with E-state index < -0.39 is 15.6 Å². The quantitative estimate of drug-likeness (QED) is 0.586. The van der Waals surface area contributed by atoms with Crippen molar-refractivity contribution in [3.63, 3.8) is 0 Å². The summed E-state index contributed by atoms with van der Waals surface area (Å²) in [4.78, 5) is 26.8. The molecule has 1 fully saturated rings. The number of amides is 1. The van der Waals surface area contributed by atoms with Crippen LogP contribution in [0.2, 0.25) is 0 Å². The summed E-state index contributed by atoms with van der Waals surface area (Å²) in [5, 5.41) is 1.79. The number of rotatable bonds is 4. The molecule has 0 atom stereocenters. The fourth-order valence-electron chi connectivity index (χ4n) is 3.99. The van der Waals surface area contributed by atoms with E-state index in [-0.39, 0.29) is 18.7 Å². The van der Waals surface area contributed by atoms with Crippen molar-refractivity contribution in [1.82, 2.24) is 9.21 Å². The Morgan fingerprint density at radius 2 is 1.77 bits per heavy atom. The molecule has 1 aliphatic rings. The minimum Gasteiger partial charge on any atom is -0.464 e. The van der Waals surface area contributed by atoms with Crippen LogP contribution in [0.3, 0.4) is 0 Å². The number of piperazine rings is 1. The van der Waals surface area contributed by atoms with Crippen molar-refractivity contribution in [1.29, 1.82) is 0 Å². The van der Waals surface area contributed by atoms with Crippen LogP contribution in [0.5, 0.6) is 0 Å². The SMILES string of the molecule is Cc1coc2cc3oc(=O)c(CCC(=O)N4CCN(S(C)(=O)=O)CC4)c(C)c3cc12. The molecule has 2 aromatic heterocycles. The Labute approximate surface area is 174 Å². The number of furan rings is 1. The van der Waals surface area contributed by atoms with Gasteiger partial charge in [0.05, 0.1) is 12.5 Å². The van der Waals surface area contributed by atoms with Gasteiger partial charge < -0.3 is 13.7 Å². The van der Waals surface area contributed by atoms with Gasteiger partial charge in [-0.05, 0) is 37.5 Å². The number of carbonyl (C=O) groups excluding carboxylic acids is 1. The van der Waals surface area contributed by atoms with Gasteiger partial charge in [-0.1, -0.05) is 0 Å². The molecule has 4 rings (SSSR count). The number of hydrogen-bond donors (Lipinski definition) is 0. The largest absolute Gasteiger partial charge is 0.464 e. The lowest BCUT2D eigenvalue weighted by molar-refractivity contribution is -0.132. The summed E-state index contributed by atoms with van der Waals surface area (Å²) >= 11 is 0. The maximum atomic E-state index is 12.6. The third-order valence-electron chi connectivity index (χ3n) is 5.82. The molecule has 9 heteroatoms. The highest BCUT2D eigenvalue weighted by atomic mass is 32.2. The molecule has 0 radical (unpaired) electrons. The molecular weight excluding hydrogens is 408 g/mol. The van der Waals surface area contributed by atoms with Crippen LogP contribution in [0.25, 0.3) is 21.9 Å². The maximum absolute atomic E-state index is 12.6. The number of nitrogens with zero attached hydrogens (tertiary/aromatic N) is 2. The summed E-state index contributed by atoms with van der Waals surface area (Å²) in [5.41, 5.74) is 2.98. The average Bonchev–Trinajstić information content (AvgIpc) is 3.05. The van der Waals surface area contributed by atoms with Crippen LogP contribution in [0.15, 0.2) is 32.0 Å². The molecule has 0 N–H and O–H groups in total. The molecule has 3 heterocycles. The number of fused-ring (bicyclic) bond motifs is 2. The fourth-order valence-corrected chi connectivity index (χ4v) is 4.81. The van der Waals surface area contributed by atoms with Crippen molar-refractivity contribution in [2.24, 2.45) is 0 Å². The first-order valence-corrected chi connectivity index (χ1v) is 11.7. The van der Waals surface area contributed by atoms with E-state index >= 15 is 0 Å². The Kier molecular flexibility index (Phi) is 5.19. The van der Waals surface area contributed by atoms with Gasteiger partial charge in [0.25, 0.3) is 0 Å². The molecule has 1 aromatic carbocycles. The van der Waals surface area contributed by atoms with Crippen LogP contribution < -0.4 is 5.63 Å². The van der Waals surface area contributed by atoms with Gasteiger partial charge >= 0.3 is 5.63 Å². The molecular formula is C21H24N2O6S. The van der Waals surface area contributed by atoms with Crippen molar-refractivity contribution >= 4 is 37.9 Å². The second kappa shape index (κ2) is 7.55. The standard InChI is InChI=1S/C21H24N2O6S/c1-13-12-28-18-11-19-17(10-16(13)18)14(2)15(21(25)29-19)4-5-20(24)22-6-8-23(9-7-22)30(3,26)27/h10-12H,4-9H2,1-3H3. The Morgan fingerprint density at radius 3 is 2.43 bits per heavy atom. The lowest BCUT2D eigenvalue weighted by Crippen LogP contribution is -2.50.